The summed E-state index contributed by atoms with van der Waals surface area (Å²) in [6.07, 6.45) is 3.83. The zero-order chi connectivity index (χ0) is 14.7. The van der Waals surface area contributed by atoms with Crippen LogP contribution in [0.1, 0.15) is 49.0 Å². The lowest BCUT2D eigenvalue weighted by molar-refractivity contribution is 0.0943. The van der Waals surface area contributed by atoms with Crippen molar-refractivity contribution in [3.05, 3.63) is 33.8 Å². The first kappa shape index (κ1) is 15.5. The number of hydrogen-bond acceptors (Lipinski definition) is 3. The number of rotatable bonds is 3. The van der Waals surface area contributed by atoms with E-state index in [9.17, 15) is 4.79 Å². The standard InChI is InChI=1S/C15H22BrN3O/c1-10-4-3-5-11(2)19(10)9-13-7-6-12(8-14(13)16)15(20)18-17/h6-8,10-11H,3-5,9,17H2,1-2H3,(H,18,20). The van der Waals surface area contributed by atoms with Crippen LogP contribution >= 0.6 is 15.9 Å². The number of carbonyl (C=O) groups is 1. The van der Waals surface area contributed by atoms with E-state index in [1.54, 1.807) is 0 Å². The minimum atomic E-state index is -0.267. The number of piperidine rings is 1. The van der Waals surface area contributed by atoms with Crippen LogP contribution in [0, 0.1) is 0 Å². The van der Waals surface area contributed by atoms with Gasteiger partial charge in [0.05, 0.1) is 0 Å². The zero-order valence-electron chi connectivity index (χ0n) is 12.0. The van der Waals surface area contributed by atoms with Gasteiger partial charge in [0, 0.05) is 28.7 Å². The first-order valence-corrected chi connectivity index (χ1v) is 7.87. The number of halogens is 1. The minimum Gasteiger partial charge on any atom is -0.294 e. The van der Waals surface area contributed by atoms with Gasteiger partial charge in [0.15, 0.2) is 0 Å². The van der Waals surface area contributed by atoms with Gasteiger partial charge in [-0.05, 0) is 44.4 Å². The molecule has 2 rings (SSSR count). The number of nitrogens with one attached hydrogen (secondary N) is 1. The van der Waals surface area contributed by atoms with E-state index in [0.29, 0.717) is 17.6 Å². The Hall–Kier alpha value is -0.910. The Kier molecular flexibility index (Phi) is 5.18. The highest BCUT2D eigenvalue weighted by Crippen LogP contribution is 2.27. The van der Waals surface area contributed by atoms with Crippen molar-refractivity contribution in [2.24, 2.45) is 5.84 Å². The SMILES string of the molecule is CC1CCCC(C)N1Cc1ccc(C(=O)NN)cc1Br. The second kappa shape index (κ2) is 6.70. The highest BCUT2D eigenvalue weighted by molar-refractivity contribution is 9.10. The molecule has 1 aliphatic rings. The van der Waals surface area contributed by atoms with Crippen LogP contribution in [0.3, 0.4) is 0 Å². The number of benzene rings is 1. The van der Waals surface area contributed by atoms with E-state index in [2.05, 4.69) is 40.1 Å². The van der Waals surface area contributed by atoms with Crippen molar-refractivity contribution in [3.63, 3.8) is 0 Å². The summed E-state index contributed by atoms with van der Waals surface area (Å²) in [7, 11) is 0. The third-order valence-electron chi connectivity index (χ3n) is 4.18. The Morgan fingerprint density at radius 1 is 1.40 bits per heavy atom. The van der Waals surface area contributed by atoms with Crippen molar-refractivity contribution in [1.82, 2.24) is 10.3 Å². The monoisotopic (exact) mass is 339 g/mol. The number of hydrazine groups is 1. The average Bonchev–Trinajstić information content (AvgIpc) is 2.43. The molecule has 1 aromatic rings. The molecule has 0 radical (unpaired) electrons. The van der Waals surface area contributed by atoms with Gasteiger partial charge in [0.2, 0.25) is 0 Å². The van der Waals surface area contributed by atoms with Crippen molar-refractivity contribution < 1.29 is 4.79 Å². The molecule has 0 bridgehead atoms. The van der Waals surface area contributed by atoms with Crippen molar-refractivity contribution in [2.45, 2.75) is 51.7 Å². The zero-order valence-corrected chi connectivity index (χ0v) is 13.6. The van der Waals surface area contributed by atoms with Crippen molar-refractivity contribution in [3.8, 4) is 0 Å². The summed E-state index contributed by atoms with van der Waals surface area (Å²) in [6, 6.07) is 6.87. The number of hydrogen-bond donors (Lipinski definition) is 2. The van der Waals surface area contributed by atoms with E-state index >= 15 is 0 Å². The molecule has 1 saturated heterocycles. The Morgan fingerprint density at radius 2 is 2.05 bits per heavy atom. The predicted octanol–water partition coefficient (Wildman–Crippen LogP) is 2.82. The molecular formula is C15H22BrN3O. The van der Waals surface area contributed by atoms with Gasteiger partial charge >= 0.3 is 0 Å². The largest absolute Gasteiger partial charge is 0.294 e. The molecule has 0 saturated carbocycles. The summed E-state index contributed by atoms with van der Waals surface area (Å²) < 4.78 is 0.962. The Bertz CT molecular complexity index is 482. The van der Waals surface area contributed by atoms with Gasteiger partial charge in [-0.15, -0.1) is 0 Å². The number of amides is 1. The van der Waals surface area contributed by atoms with E-state index in [0.717, 1.165) is 11.0 Å². The van der Waals surface area contributed by atoms with Gasteiger partial charge in [0.25, 0.3) is 5.91 Å². The van der Waals surface area contributed by atoms with Gasteiger partial charge in [-0.1, -0.05) is 28.4 Å². The van der Waals surface area contributed by atoms with Crippen LogP contribution in [0.5, 0.6) is 0 Å². The fourth-order valence-corrected chi connectivity index (χ4v) is 3.39. The van der Waals surface area contributed by atoms with Gasteiger partial charge in [-0.2, -0.15) is 0 Å². The maximum absolute atomic E-state index is 11.5. The van der Waals surface area contributed by atoms with E-state index in [1.807, 2.05) is 18.2 Å². The number of carbonyl (C=O) groups excluding carboxylic acids is 1. The van der Waals surface area contributed by atoms with Crippen LogP contribution in [0.4, 0.5) is 0 Å². The lowest BCUT2D eigenvalue weighted by Crippen LogP contribution is -2.43. The van der Waals surface area contributed by atoms with E-state index in [-0.39, 0.29) is 5.91 Å². The third kappa shape index (κ3) is 3.40. The molecule has 5 heteroatoms. The fourth-order valence-electron chi connectivity index (χ4n) is 2.88. The molecule has 0 aromatic heterocycles. The molecule has 2 atom stereocenters. The van der Waals surface area contributed by atoms with Gasteiger partial charge < -0.3 is 0 Å². The van der Waals surface area contributed by atoms with Gasteiger partial charge in [-0.3, -0.25) is 15.1 Å². The average molecular weight is 340 g/mol. The molecule has 110 valence electrons. The number of nitrogens with zero attached hydrogens (tertiary/aromatic N) is 1. The fraction of sp³-hybridized carbons (Fsp3) is 0.533. The molecule has 1 amide bonds. The second-order valence-electron chi connectivity index (χ2n) is 5.58. The minimum absolute atomic E-state index is 0.267. The quantitative estimate of drug-likeness (QED) is 0.505. The van der Waals surface area contributed by atoms with E-state index in [4.69, 9.17) is 5.84 Å². The maximum atomic E-state index is 11.5. The predicted molar refractivity (Wildman–Crippen MR) is 84.1 cm³/mol. The molecule has 0 aliphatic carbocycles. The summed E-state index contributed by atoms with van der Waals surface area (Å²) in [5.74, 6) is 4.89. The van der Waals surface area contributed by atoms with Crippen molar-refractivity contribution in [2.75, 3.05) is 0 Å². The lowest BCUT2D eigenvalue weighted by atomic mass is 9.96. The topological polar surface area (TPSA) is 58.4 Å². The van der Waals surface area contributed by atoms with Gasteiger partial charge in [0.1, 0.15) is 0 Å². The Balaban J connectivity index is 2.15. The Morgan fingerprint density at radius 3 is 2.60 bits per heavy atom. The van der Waals surface area contributed by atoms with E-state index in [1.165, 1.54) is 24.8 Å². The third-order valence-corrected chi connectivity index (χ3v) is 4.91. The maximum Gasteiger partial charge on any atom is 0.265 e. The molecule has 1 aliphatic heterocycles. The molecule has 1 fully saturated rings. The molecule has 1 heterocycles. The lowest BCUT2D eigenvalue weighted by Gasteiger charge is -2.39. The molecular weight excluding hydrogens is 318 g/mol. The summed E-state index contributed by atoms with van der Waals surface area (Å²) >= 11 is 3.56. The molecule has 2 unspecified atom stereocenters. The van der Waals surface area contributed by atoms with Crippen LogP contribution in [0.15, 0.2) is 22.7 Å². The van der Waals surface area contributed by atoms with Crippen LogP contribution in [0.2, 0.25) is 0 Å². The normalized spacial score (nSPS) is 23.6. The number of nitrogens with two attached hydrogens (primary N) is 1. The molecule has 0 spiro atoms. The first-order chi connectivity index (χ1) is 9.52. The van der Waals surface area contributed by atoms with Crippen LogP contribution in [-0.4, -0.2) is 22.9 Å². The van der Waals surface area contributed by atoms with E-state index < -0.39 is 0 Å². The summed E-state index contributed by atoms with van der Waals surface area (Å²) in [5.41, 5.74) is 3.93. The highest BCUT2D eigenvalue weighted by atomic mass is 79.9. The first-order valence-electron chi connectivity index (χ1n) is 7.08. The molecule has 3 N–H and O–H groups in total. The molecule has 1 aromatic carbocycles. The molecule has 4 nitrogen and oxygen atoms in total. The number of likely N-dealkylation sites (tertiary alicyclic amines) is 1. The van der Waals surface area contributed by atoms with Gasteiger partial charge in [-0.25, -0.2) is 5.84 Å². The van der Waals surface area contributed by atoms with Crippen LogP contribution in [0.25, 0.3) is 0 Å². The summed E-state index contributed by atoms with van der Waals surface area (Å²) in [4.78, 5) is 14.0. The summed E-state index contributed by atoms with van der Waals surface area (Å²) in [5, 5.41) is 0. The highest BCUT2D eigenvalue weighted by Gasteiger charge is 2.25. The number of nitrogen functional groups attached to an aromatic ring is 1. The Labute approximate surface area is 128 Å². The molecule has 20 heavy (non-hydrogen) atoms. The smallest absolute Gasteiger partial charge is 0.265 e. The van der Waals surface area contributed by atoms with Crippen molar-refractivity contribution in [1.29, 1.82) is 0 Å². The van der Waals surface area contributed by atoms with Crippen LogP contribution < -0.4 is 11.3 Å². The van der Waals surface area contributed by atoms with Crippen LogP contribution in [-0.2, 0) is 6.54 Å². The second-order valence-corrected chi connectivity index (χ2v) is 6.44. The summed E-state index contributed by atoms with van der Waals surface area (Å²) in [6.45, 7) is 5.49. The van der Waals surface area contributed by atoms with Crippen molar-refractivity contribution >= 4 is 21.8 Å².